The van der Waals surface area contributed by atoms with Crippen LogP contribution in [0.2, 0.25) is 0 Å². The molecule has 1 aliphatic carbocycles. The average Bonchev–Trinajstić information content (AvgIpc) is 3.02. The van der Waals surface area contributed by atoms with Crippen LogP contribution >= 0.6 is 12.2 Å². The van der Waals surface area contributed by atoms with E-state index in [1.807, 2.05) is 6.07 Å². The van der Waals surface area contributed by atoms with E-state index in [0.29, 0.717) is 30.0 Å². The molecule has 2 heterocycles. The van der Waals surface area contributed by atoms with Gasteiger partial charge in [0.1, 0.15) is 11.6 Å². The van der Waals surface area contributed by atoms with E-state index < -0.39 is 0 Å². The molecular weight excluding hydrogens is 550 g/mol. The van der Waals surface area contributed by atoms with Gasteiger partial charge in [-0.2, -0.15) is 9.97 Å². The SMILES string of the molecule is COC(=O)CCNC(=S)N1CCN(c2cc(N)nc(NCc3ccc(CNCCCNC4CCCCC4)cc3)n2)CC1. The van der Waals surface area contributed by atoms with Gasteiger partial charge in [0.05, 0.1) is 13.5 Å². The lowest BCUT2D eigenvalue weighted by Gasteiger charge is -2.36. The van der Waals surface area contributed by atoms with Crippen molar-refractivity contribution in [2.75, 3.05) is 68.9 Å². The van der Waals surface area contributed by atoms with Gasteiger partial charge in [0, 0.05) is 57.9 Å². The second-order valence-corrected chi connectivity index (χ2v) is 11.4. The van der Waals surface area contributed by atoms with Gasteiger partial charge in [-0.05, 0) is 55.7 Å². The van der Waals surface area contributed by atoms with E-state index in [4.69, 9.17) is 22.9 Å². The number of nitrogen functional groups attached to an aromatic ring is 1. The summed E-state index contributed by atoms with van der Waals surface area (Å²) in [4.78, 5) is 24.7. The van der Waals surface area contributed by atoms with Crippen LogP contribution in [0, 0.1) is 0 Å². The number of piperazine rings is 1. The van der Waals surface area contributed by atoms with Crippen molar-refractivity contribution < 1.29 is 9.53 Å². The van der Waals surface area contributed by atoms with Crippen LogP contribution in [0.25, 0.3) is 0 Å². The Bertz CT molecular complexity index is 1120. The Morgan fingerprint density at radius 2 is 1.71 bits per heavy atom. The van der Waals surface area contributed by atoms with Gasteiger partial charge in [0.15, 0.2) is 5.11 Å². The summed E-state index contributed by atoms with van der Waals surface area (Å²) in [5.41, 5.74) is 8.56. The van der Waals surface area contributed by atoms with Crippen LogP contribution < -0.4 is 31.9 Å². The molecule has 2 fully saturated rings. The van der Waals surface area contributed by atoms with Gasteiger partial charge in [-0.25, -0.2) is 0 Å². The molecule has 0 atom stereocenters. The maximum Gasteiger partial charge on any atom is 0.307 e. The normalized spacial score (nSPS) is 15.8. The van der Waals surface area contributed by atoms with Crippen LogP contribution in [-0.2, 0) is 22.6 Å². The molecule has 2 aromatic rings. The molecule has 1 aromatic heterocycles. The van der Waals surface area contributed by atoms with Gasteiger partial charge in [-0.1, -0.05) is 43.5 Å². The zero-order valence-electron chi connectivity index (χ0n) is 24.9. The highest BCUT2D eigenvalue weighted by molar-refractivity contribution is 7.80. The molecule has 2 aliphatic rings. The van der Waals surface area contributed by atoms with Gasteiger partial charge in [-0.15, -0.1) is 0 Å². The summed E-state index contributed by atoms with van der Waals surface area (Å²) in [5, 5.41) is 14.4. The third-order valence-corrected chi connectivity index (χ3v) is 8.23. The van der Waals surface area contributed by atoms with Crippen LogP contribution in [0.1, 0.15) is 56.1 Å². The highest BCUT2D eigenvalue weighted by Crippen LogP contribution is 2.19. The van der Waals surface area contributed by atoms with Crippen LogP contribution in [0.4, 0.5) is 17.6 Å². The second kappa shape index (κ2) is 17.0. The van der Waals surface area contributed by atoms with Crippen molar-refractivity contribution in [2.24, 2.45) is 0 Å². The van der Waals surface area contributed by atoms with E-state index in [2.05, 4.69) is 65.1 Å². The number of carbonyl (C=O) groups excluding carboxylic acids is 1. The van der Waals surface area contributed by atoms with E-state index in [9.17, 15) is 4.79 Å². The molecule has 42 heavy (non-hydrogen) atoms. The van der Waals surface area contributed by atoms with Gasteiger partial charge in [0.2, 0.25) is 5.95 Å². The number of hydrogen-bond donors (Lipinski definition) is 5. The van der Waals surface area contributed by atoms with Crippen LogP contribution in [0.3, 0.4) is 0 Å². The van der Waals surface area contributed by atoms with Crippen LogP contribution in [-0.4, -0.2) is 84.9 Å². The van der Waals surface area contributed by atoms with E-state index in [1.54, 1.807) is 0 Å². The van der Waals surface area contributed by atoms with Gasteiger partial charge in [-0.3, -0.25) is 4.79 Å². The Morgan fingerprint density at radius 3 is 2.43 bits per heavy atom. The van der Waals surface area contributed by atoms with E-state index in [1.165, 1.54) is 44.8 Å². The molecule has 0 radical (unpaired) electrons. The number of nitrogens with one attached hydrogen (secondary N) is 4. The van der Waals surface area contributed by atoms with Gasteiger partial charge in [0.25, 0.3) is 0 Å². The summed E-state index contributed by atoms with van der Waals surface area (Å²) in [5.74, 6) is 1.48. The monoisotopic (exact) mass is 597 g/mol. The molecular formula is C30H47N9O2S. The lowest BCUT2D eigenvalue weighted by Crippen LogP contribution is -2.52. The summed E-state index contributed by atoms with van der Waals surface area (Å²) in [7, 11) is 1.38. The summed E-state index contributed by atoms with van der Waals surface area (Å²) in [6.45, 7) is 7.06. The number of ether oxygens (including phenoxy) is 1. The number of nitrogens with zero attached hydrogens (tertiary/aromatic N) is 4. The maximum atomic E-state index is 11.3. The molecule has 0 bridgehead atoms. The summed E-state index contributed by atoms with van der Waals surface area (Å²) >= 11 is 5.49. The molecule has 12 heteroatoms. The quantitative estimate of drug-likeness (QED) is 0.125. The molecule has 0 spiro atoms. The highest BCUT2D eigenvalue weighted by Gasteiger charge is 2.21. The topological polar surface area (TPSA) is 133 Å². The number of nitrogens with two attached hydrogens (primary N) is 1. The first-order valence-electron chi connectivity index (χ1n) is 15.2. The van der Waals surface area contributed by atoms with Crippen LogP contribution in [0.5, 0.6) is 0 Å². The zero-order valence-corrected chi connectivity index (χ0v) is 25.7. The largest absolute Gasteiger partial charge is 0.469 e. The van der Waals surface area contributed by atoms with Gasteiger partial charge >= 0.3 is 5.97 Å². The Labute approximate surface area is 255 Å². The summed E-state index contributed by atoms with van der Waals surface area (Å²) < 4.78 is 4.67. The third kappa shape index (κ3) is 10.6. The van der Waals surface area contributed by atoms with E-state index in [-0.39, 0.29) is 12.4 Å². The van der Waals surface area contributed by atoms with Crippen molar-refractivity contribution in [1.82, 2.24) is 30.8 Å². The Kier molecular flexibility index (Phi) is 12.9. The van der Waals surface area contributed by atoms with Crippen molar-refractivity contribution in [1.29, 1.82) is 0 Å². The van der Waals surface area contributed by atoms with Crippen molar-refractivity contribution in [2.45, 2.75) is 64.1 Å². The number of hydrogen-bond acceptors (Lipinski definition) is 10. The molecule has 1 aromatic carbocycles. The third-order valence-electron chi connectivity index (χ3n) is 7.83. The molecule has 4 rings (SSSR count). The number of thiocarbonyl (C=S) groups is 1. The Hall–Kier alpha value is -3.22. The van der Waals surface area contributed by atoms with Crippen LogP contribution in [0.15, 0.2) is 30.3 Å². The minimum atomic E-state index is -0.256. The summed E-state index contributed by atoms with van der Waals surface area (Å²) in [6, 6.07) is 11.2. The number of rotatable bonds is 14. The van der Waals surface area contributed by atoms with E-state index >= 15 is 0 Å². The predicted octanol–water partition coefficient (Wildman–Crippen LogP) is 2.63. The average molecular weight is 598 g/mol. The molecule has 230 valence electrons. The number of methoxy groups -OCH3 is 1. The van der Waals surface area contributed by atoms with Crippen molar-refractivity contribution >= 4 is 40.9 Å². The summed E-state index contributed by atoms with van der Waals surface area (Å²) in [6.07, 6.45) is 8.28. The molecule has 0 amide bonds. The minimum absolute atomic E-state index is 0.256. The molecule has 1 aliphatic heterocycles. The smallest absolute Gasteiger partial charge is 0.307 e. The first-order chi connectivity index (χ1) is 20.5. The molecule has 0 unspecified atom stereocenters. The number of carbonyl (C=O) groups is 1. The van der Waals surface area contributed by atoms with E-state index in [0.717, 1.165) is 69.7 Å². The molecule has 6 N–H and O–H groups in total. The van der Waals surface area contributed by atoms with Crippen molar-refractivity contribution in [3.63, 3.8) is 0 Å². The maximum absolute atomic E-state index is 11.3. The standard InChI is InChI=1S/C30H47N9O2S/c1-41-28(40)12-15-34-30(42)39-18-16-38(17-19-39)27-20-26(31)36-29(37-27)35-22-24-10-8-23(9-11-24)21-32-13-5-14-33-25-6-3-2-4-7-25/h8-11,20,25,32-33H,2-7,12-19,21-22H2,1H3,(H,34,42)(H3,31,35,36,37). The molecule has 1 saturated heterocycles. The number of aromatic nitrogens is 2. The first-order valence-corrected chi connectivity index (χ1v) is 15.7. The van der Waals surface area contributed by atoms with Crippen molar-refractivity contribution in [3.05, 3.63) is 41.5 Å². The lowest BCUT2D eigenvalue weighted by atomic mass is 9.95. The number of esters is 1. The Morgan fingerprint density at radius 1 is 1.00 bits per heavy atom. The fraction of sp³-hybridized carbons (Fsp3) is 0.600. The predicted molar refractivity (Wildman–Crippen MR) is 172 cm³/mol. The first kappa shape index (κ1) is 31.7. The lowest BCUT2D eigenvalue weighted by molar-refractivity contribution is -0.140. The number of benzene rings is 1. The number of anilines is 3. The fourth-order valence-electron chi connectivity index (χ4n) is 5.33. The van der Waals surface area contributed by atoms with Crippen molar-refractivity contribution in [3.8, 4) is 0 Å². The zero-order chi connectivity index (χ0) is 29.6. The molecule has 11 nitrogen and oxygen atoms in total. The minimum Gasteiger partial charge on any atom is -0.469 e. The Balaban J connectivity index is 1.15. The van der Waals surface area contributed by atoms with Gasteiger partial charge < -0.3 is 41.5 Å². The second-order valence-electron chi connectivity index (χ2n) is 11.0. The molecule has 1 saturated carbocycles. The highest BCUT2D eigenvalue weighted by atomic mass is 32.1. The fourth-order valence-corrected chi connectivity index (χ4v) is 5.62.